The van der Waals surface area contributed by atoms with E-state index in [1.165, 1.54) is 0 Å². The Morgan fingerprint density at radius 1 is 1.00 bits per heavy atom. The average Bonchev–Trinajstić information content (AvgIpc) is 3.25. The first-order valence-electron chi connectivity index (χ1n) is 8.18. The molecule has 0 aromatic rings. The van der Waals surface area contributed by atoms with Crippen LogP contribution >= 0.6 is 0 Å². The molecule has 1 aliphatic carbocycles. The molecule has 2 amide bonds. The summed E-state index contributed by atoms with van der Waals surface area (Å²) in [5, 5.41) is 5.96. The van der Waals surface area contributed by atoms with Gasteiger partial charge in [0.15, 0.2) is 0 Å². The highest BCUT2D eigenvalue weighted by Gasteiger charge is 2.25. The van der Waals surface area contributed by atoms with Gasteiger partial charge >= 0.3 is 0 Å². The number of piperazine rings is 1. The van der Waals surface area contributed by atoms with Crippen molar-refractivity contribution in [3.05, 3.63) is 0 Å². The fourth-order valence-corrected chi connectivity index (χ4v) is 2.47. The van der Waals surface area contributed by atoms with E-state index in [-0.39, 0.29) is 11.8 Å². The molecule has 6 nitrogen and oxygen atoms in total. The molecule has 21 heavy (non-hydrogen) atoms. The molecule has 120 valence electrons. The second-order valence-electron chi connectivity index (χ2n) is 6.10. The molecule has 2 N–H and O–H groups in total. The van der Waals surface area contributed by atoms with Crippen LogP contribution < -0.4 is 10.6 Å². The number of hydrogen-bond acceptors (Lipinski definition) is 4. The third-order valence-electron chi connectivity index (χ3n) is 3.99. The van der Waals surface area contributed by atoms with E-state index < -0.39 is 0 Å². The predicted octanol–water partition coefficient (Wildman–Crippen LogP) is -0.201. The van der Waals surface area contributed by atoms with E-state index in [0.717, 1.165) is 58.4 Å². The molecule has 0 spiro atoms. The van der Waals surface area contributed by atoms with E-state index in [1.807, 2.05) is 0 Å². The average molecular weight is 296 g/mol. The van der Waals surface area contributed by atoms with Crippen molar-refractivity contribution in [2.45, 2.75) is 38.6 Å². The van der Waals surface area contributed by atoms with Crippen LogP contribution in [-0.2, 0) is 9.59 Å². The number of nitrogens with zero attached hydrogens (tertiary/aromatic N) is 2. The van der Waals surface area contributed by atoms with Crippen LogP contribution in [0.5, 0.6) is 0 Å². The van der Waals surface area contributed by atoms with Gasteiger partial charge in [-0.3, -0.25) is 19.4 Å². The van der Waals surface area contributed by atoms with Crippen LogP contribution in [-0.4, -0.2) is 73.5 Å². The molecule has 1 heterocycles. The lowest BCUT2D eigenvalue weighted by atomic mass is 10.3. The van der Waals surface area contributed by atoms with Crippen LogP contribution in [0.3, 0.4) is 0 Å². The van der Waals surface area contributed by atoms with Gasteiger partial charge in [-0.1, -0.05) is 13.3 Å². The standard InChI is InChI=1S/C15H28N4O2/c1-2-3-6-16-14(20)11-18-7-9-19(10-8-18)12-15(21)17-13-4-5-13/h13H,2-12H2,1H3,(H,16,20)(H,17,21). The minimum Gasteiger partial charge on any atom is -0.355 e. The zero-order valence-corrected chi connectivity index (χ0v) is 13.1. The number of carbonyl (C=O) groups excluding carboxylic acids is 2. The minimum absolute atomic E-state index is 0.114. The molecule has 0 aromatic heterocycles. The molecule has 0 radical (unpaired) electrons. The van der Waals surface area contributed by atoms with Gasteiger partial charge in [-0.15, -0.1) is 0 Å². The summed E-state index contributed by atoms with van der Waals surface area (Å²) in [6.45, 7) is 7.30. The van der Waals surface area contributed by atoms with Gasteiger partial charge in [0.25, 0.3) is 0 Å². The smallest absolute Gasteiger partial charge is 0.234 e. The fourth-order valence-electron chi connectivity index (χ4n) is 2.47. The van der Waals surface area contributed by atoms with E-state index in [9.17, 15) is 9.59 Å². The number of amides is 2. The summed E-state index contributed by atoms with van der Waals surface area (Å²) in [5.41, 5.74) is 0. The van der Waals surface area contributed by atoms with Crippen molar-refractivity contribution in [3.63, 3.8) is 0 Å². The van der Waals surface area contributed by atoms with E-state index in [1.54, 1.807) is 0 Å². The number of unbranched alkanes of at least 4 members (excludes halogenated alkanes) is 1. The summed E-state index contributed by atoms with van der Waals surface area (Å²) in [4.78, 5) is 27.8. The molecule has 0 unspecified atom stereocenters. The summed E-state index contributed by atoms with van der Waals surface area (Å²) in [5.74, 6) is 0.256. The second kappa shape index (κ2) is 8.34. The van der Waals surface area contributed by atoms with Crippen LogP contribution in [0.25, 0.3) is 0 Å². The molecular formula is C15H28N4O2. The number of rotatable bonds is 8. The molecule has 2 rings (SSSR count). The van der Waals surface area contributed by atoms with Gasteiger partial charge in [0.05, 0.1) is 13.1 Å². The molecule has 2 fully saturated rings. The number of nitrogens with one attached hydrogen (secondary N) is 2. The molecule has 6 heteroatoms. The largest absolute Gasteiger partial charge is 0.355 e. The summed E-state index contributed by atoms with van der Waals surface area (Å²) < 4.78 is 0. The Morgan fingerprint density at radius 3 is 2.10 bits per heavy atom. The lowest BCUT2D eigenvalue weighted by Gasteiger charge is -2.33. The highest BCUT2D eigenvalue weighted by Crippen LogP contribution is 2.18. The van der Waals surface area contributed by atoms with Crippen molar-refractivity contribution in [1.82, 2.24) is 20.4 Å². The van der Waals surface area contributed by atoms with Crippen molar-refractivity contribution in [2.24, 2.45) is 0 Å². The van der Waals surface area contributed by atoms with Crippen molar-refractivity contribution in [2.75, 3.05) is 45.8 Å². The third kappa shape index (κ3) is 6.44. The van der Waals surface area contributed by atoms with Crippen LogP contribution in [0.1, 0.15) is 32.6 Å². The highest BCUT2D eigenvalue weighted by atomic mass is 16.2. The zero-order valence-electron chi connectivity index (χ0n) is 13.1. The summed E-state index contributed by atoms with van der Waals surface area (Å²) in [6, 6.07) is 0.436. The maximum atomic E-state index is 11.7. The number of hydrogen-bond donors (Lipinski definition) is 2. The predicted molar refractivity (Wildman–Crippen MR) is 82.0 cm³/mol. The normalized spacial score (nSPS) is 20.2. The Morgan fingerprint density at radius 2 is 1.57 bits per heavy atom. The molecule has 0 atom stereocenters. The van der Waals surface area contributed by atoms with Gasteiger partial charge < -0.3 is 10.6 Å². The second-order valence-corrected chi connectivity index (χ2v) is 6.10. The van der Waals surface area contributed by atoms with Gasteiger partial charge in [0.2, 0.25) is 11.8 Å². The van der Waals surface area contributed by atoms with E-state index in [4.69, 9.17) is 0 Å². The Kier molecular flexibility index (Phi) is 6.45. The van der Waals surface area contributed by atoms with Gasteiger partial charge in [-0.05, 0) is 19.3 Å². The van der Waals surface area contributed by atoms with Crippen LogP contribution in [0.2, 0.25) is 0 Å². The molecular weight excluding hydrogens is 268 g/mol. The van der Waals surface area contributed by atoms with Crippen molar-refractivity contribution < 1.29 is 9.59 Å². The Balaban J connectivity index is 1.56. The van der Waals surface area contributed by atoms with Crippen molar-refractivity contribution in [3.8, 4) is 0 Å². The SMILES string of the molecule is CCCCNC(=O)CN1CCN(CC(=O)NC2CC2)CC1. The first-order chi connectivity index (χ1) is 10.2. The quantitative estimate of drug-likeness (QED) is 0.609. The van der Waals surface area contributed by atoms with E-state index in [0.29, 0.717) is 19.1 Å². The molecule has 0 aromatic carbocycles. The van der Waals surface area contributed by atoms with E-state index in [2.05, 4.69) is 27.4 Å². The Hall–Kier alpha value is -1.14. The Labute approximate surface area is 127 Å². The Bertz CT molecular complexity index is 350. The van der Waals surface area contributed by atoms with Crippen LogP contribution in [0.15, 0.2) is 0 Å². The minimum atomic E-state index is 0.114. The molecule has 1 saturated carbocycles. The fraction of sp³-hybridized carbons (Fsp3) is 0.867. The lowest BCUT2D eigenvalue weighted by molar-refractivity contribution is -0.125. The highest BCUT2D eigenvalue weighted by molar-refractivity contribution is 5.79. The number of carbonyl (C=O) groups is 2. The maximum absolute atomic E-state index is 11.7. The van der Waals surface area contributed by atoms with Gasteiger partial charge in [0.1, 0.15) is 0 Å². The lowest BCUT2D eigenvalue weighted by Crippen LogP contribution is -2.51. The molecule has 1 aliphatic heterocycles. The van der Waals surface area contributed by atoms with Gasteiger partial charge in [0, 0.05) is 38.8 Å². The van der Waals surface area contributed by atoms with Crippen molar-refractivity contribution in [1.29, 1.82) is 0 Å². The van der Waals surface area contributed by atoms with Gasteiger partial charge in [-0.2, -0.15) is 0 Å². The summed E-state index contributed by atoms with van der Waals surface area (Å²) in [7, 11) is 0. The summed E-state index contributed by atoms with van der Waals surface area (Å²) >= 11 is 0. The molecule has 2 aliphatic rings. The van der Waals surface area contributed by atoms with Gasteiger partial charge in [-0.25, -0.2) is 0 Å². The van der Waals surface area contributed by atoms with Crippen molar-refractivity contribution >= 4 is 11.8 Å². The zero-order chi connectivity index (χ0) is 15.1. The molecule has 1 saturated heterocycles. The van der Waals surface area contributed by atoms with E-state index >= 15 is 0 Å². The molecule has 0 bridgehead atoms. The van der Waals surface area contributed by atoms with Crippen LogP contribution in [0.4, 0.5) is 0 Å². The summed E-state index contributed by atoms with van der Waals surface area (Å²) in [6.07, 6.45) is 4.40. The first-order valence-corrected chi connectivity index (χ1v) is 8.18. The third-order valence-corrected chi connectivity index (χ3v) is 3.99. The topological polar surface area (TPSA) is 64.7 Å². The monoisotopic (exact) mass is 296 g/mol. The maximum Gasteiger partial charge on any atom is 0.234 e. The first kappa shape index (κ1) is 16.2. The van der Waals surface area contributed by atoms with Crippen LogP contribution in [0, 0.1) is 0 Å².